The molecule has 5 heteroatoms. The normalized spacial score (nSPS) is 9.94. The predicted octanol–water partition coefficient (Wildman–Crippen LogP) is 0.573. The minimum absolute atomic E-state index is 0.193. The lowest BCUT2D eigenvalue weighted by molar-refractivity contribution is -0.118. The van der Waals surface area contributed by atoms with E-state index >= 15 is 0 Å². The summed E-state index contributed by atoms with van der Waals surface area (Å²) >= 11 is 0. The van der Waals surface area contributed by atoms with Crippen LogP contribution in [0.2, 0.25) is 0 Å². The number of hydrogen-bond donors (Lipinski definition) is 3. The van der Waals surface area contributed by atoms with Crippen LogP contribution in [0.15, 0.2) is 18.2 Å². The van der Waals surface area contributed by atoms with Crippen molar-refractivity contribution in [2.24, 2.45) is 5.73 Å². The van der Waals surface area contributed by atoms with Gasteiger partial charge in [0.05, 0.1) is 0 Å². The van der Waals surface area contributed by atoms with E-state index in [0.29, 0.717) is 24.2 Å². The summed E-state index contributed by atoms with van der Waals surface area (Å²) in [7, 11) is 0. The van der Waals surface area contributed by atoms with Gasteiger partial charge in [-0.3, -0.25) is 9.59 Å². The molecule has 0 atom stereocenters. The second-order valence-corrected chi connectivity index (χ2v) is 3.90. The van der Waals surface area contributed by atoms with E-state index in [1.54, 1.807) is 18.2 Å². The second kappa shape index (κ2) is 5.89. The zero-order valence-electron chi connectivity index (χ0n) is 9.82. The number of primary amides is 1. The van der Waals surface area contributed by atoms with Crippen LogP contribution < -0.4 is 16.8 Å². The third-order valence-corrected chi connectivity index (χ3v) is 2.43. The first-order chi connectivity index (χ1) is 8.00. The molecule has 92 valence electrons. The van der Waals surface area contributed by atoms with Crippen molar-refractivity contribution in [2.45, 2.75) is 19.8 Å². The molecule has 0 aromatic heterocycles. The van der Waals surface area contributed by atoms with Crippen molar-refractivity contribution in [3.05, 3.63) is 29.3 Å². The van der Waals surface area contributed by atoms with Crippen LogP contribution in [-0.2, 0) is 4.79 Å². The molecule has 0 aliphatic rings. The first kappa shape index (κ1) is 13.0. The minimum Gasteiger partial charge on any atom is -0.398 e. The van der Waals surface area contributed by atoms with Crippen molar-refractivity contribution in [2.75, 3.05) is 12.3 Å². The number of benzene rings is 1. The smallest absolute Gasteiger partial charge is 0.251 e. The molecule has 0 spiro atoms. The summed E-state index contributed by atoms with van der Waals surface area (Å²) in [6.07, 6.45) is 0.818. The van der Waals surface area contributed by atoms with Crippen molar-refractivity contribution in [3.63, 3.8) is 0 Å². The average molecular weight is 235 g/mol. The van der Waals surface area contributed by atoms with Crippen LogP contribution in [0, 0.1) is 6.92 Å². The second-order valence-electron chi connectivity index (χ2n) is 3.90. The highest BCUT2D eigenvalue weighted by atomic mass is 16.2. The Hall–Kier alpha value is -2.04. The van der Waals surface area contributed by atoms with Gasteiger partial charge in [-0.05, 0) is 31.0 Å². The molecule has 1 rings (SSSR count). The van der Waals surface area contributed by atoms with Gasteiger partial charge in [-0.15, -0.1) is 0 Å². The Morgan fingerprint density at radius 1 is 1.35 bits per heavy atom. The molecular formula is C12H17N3O2. The van der Waals surface area contributed by atoms with Crippen molar-refractivity contribution in [1.82, 2.24) is 5.32 Å². The first-order valence-electron chi connectivity index (χ1n) is 5.43. The largest absolute Gasteiger partial charge is 0.398 e. The van der Waals surface area contributed by atoms with E-state index in [2.05, 4.69) is 5.32 Å². The lowest BCUT2D eigenvalue weighted by atomic mass is 10.1. The fourth-order valence-corrected chi connectivity index (χ4v) is 1.35. The molecule has 0 aliphatic carbocycles. The van der Waals surface area contributed by atoms with E-state index in [1.807, 2.05) is 6.92 Å². The number of amides is 2. The third kappa shape index (κ3) is 4.14. The van der Waals surface area contributed by atoms with Crippen LogP contribution in [0.5, 0.6) is 0 Å². The molecule has 17 heavy (non-hydrogen) atoms. The number of nitrogens with one attached hydrogen (secondary N) is 1. The Morgan fingerprint density at radius 3 is 2.65 bits per heavy atom. The summed E-state index contributed by atoms with van der Waals surface area (Å²) in [5, 5.41) is 2.70. The molecule has 5 N–H and O–H groups in total. The highest BCUT2D eigenvalue weighted by molar-refractivity contribution is 5.95. The van der Waals surface area contributed by atoms with Crippen molar-refractivity contribution in [1.29, 1.82) is 0 Å². The molecule has 5 nitrogen and oxygen atoms in total. The van der Waals surface area contributed by atoms with Crippen molar-refractivity contribution < 1.29 is 9.59 Å². The standard InChI is InChI=1S/C12H17N3O2/c1-8-4-5-9(7-10(8)13)12(17)15-6-2-3-11(14)16/h4-5,7H,2-3,6,13H2,1H3,(H2,14,16)(H,15,17). The molecule has 0 heterocycles. The lowest BCUT2D eigenvalue weighted by Gasteiger charge is -2.06. The number of hydrogen-bond acceptors (Lipinski definition) is 3. The highest BCUT2D eigenvalue weighted by Crippen LogP contribution is 2.12. The van der Waals surface area contributed by atoms with E-state index in [-0.39, 0.29) is 18.2 Å². The van der Waals surface area contributed by atoms with Gasteiger partial charge in [0.1, 0.15) is 0 Å². The third-order valence-electron chi connectivity index (χ3n) is 2.43. The number of carbonyl (C=O) groups is 2. The molecule has 0 bridgehead atoms. The molecular weight excluding hydrogens is 218 g/mol. The fourth-order valence-electron chi connectivity index (χ4n) is 1.35. The summed E-state index contributed by atoms with van der Waals surface area (Å²) in [5.74, 6) is -0.556. The SMILES string of the molecule is Cc1ccc(C(=O)NCCCC(N)=O)cc1N. The average Bonchev–Trinajstić information content (AvgIpc) is 2.27. The lowest BCUT2D eigenvalue weighted by Crippen LogP contribution is -2.25. The van der Waals surface area contributed by atoms with Crippen LogP contribution in [0.1, 0.15) is 28.8 Å². The van der Waals surface area contributed by atoms with E-state index in [4.69, 9.17) is 11.5 Å². The van der Waals surface area contributed by atoms with Crippen molar-refractivity contribution >= 4 is 17.5 Å². The molecule has 0 saturated carbocycles. The Morgan fingerprint density at radius 2 is 2.06 bits per heavy atom. The van der Waals surface area contributed by atoms with Crippen LogP contribution in [0.25, 0.3) is 0 Å². The molecule has 0 saturated heterocycles. The van der Waals surface area contributed by atoms with Gasteiger partial charge in [0.15, 0.2) is 0 Å². The number of carbonyl (C=O) groups excluding carboxylic acids is 2. The zero-order chi connectivity index (χ0) is 12.8. The Labute approximate surface area is 100 Å². The fraction of sp³-hybridized carbons (Fsp3) is 0.333. The Balaban J connectivity index is 2.47. The zero-order valence-corrected chi connectivity index (χ0v) is 9.82. The first-order valence-corrected chi connectivity index (χ1v) is 5.43. The summed E-state index contributed by atoms with van der Waals surface area (Å²) in [5.41, 5.74) is 12.8. The van der Waals surface area contributed by atoms with Gasteiger partial charge >= 0.3 is 0 Å². The monoisotopic (exact) mass is 235 g/mol. The highest BCUT2D eigenvalue weighted by Gasteiger charge is 2.06. The predicted molar refractivity (Wildman–Crippen MR) is 66.4 cm³/mol. The van der Waals surface area contributed by atoms with Crippen LogP contribution in [0.3, 0.4) is 0 Å². The maximum atomic E-state index is 11.7. The topological polar surface area (TPSA) is 98.2 Å². The number of nitrogens with two attached hydrogens (primary N) is 2. The molecule has 1 aromatic carbocycles. The molecule has 1 aromatic rings. The maximum absolute atomic E-state index is 11.7. The molecule has 0 unspecified atom stereocenters. The van der Waals surface area contributed by atoms with Gasteiger partial charge in [-0.25, -0.2) is 0 Å². The van der Waals surface area contributed by atoms with Gasteiger partial charge in [0.25, 0.3) is 5.91 Å². The van der Waals surface area contributed by atoms with Gasteiger partial charge < -0.3 is 16.8 Å². The number of nitrogen functional groups attached to an aromatic ring is 1. The summed E-state index contributed by atoms with van der Waals surface area (Å²) < 4.78 is 0. The quantitative estimate of drug-likeness (QED) is 0.514. The van der Waals surface area contributed by atoms with E-state index < -0.39 is 0 Å². The summed E-state index contributed by atoms with van der Waals surface area (Å²) in [6, 6.07) is 5.15. The van der Waals surface area contributed by atoms with Gasteiger partial charge in [0, 0.05) is 24.2 Å². The van der Waals surface area contributed by atoms with Crippen molar-refractivity contribution in [3.8, 4) is 0 Å². The number of anilines is 1. The van der Waals surface area contributed by atoms with E-state index in [9.17, 15) is 9.59 Å². The van der Waals surface area contributed by atoms with Crippen LogP contribution >= 0.6 is 0 Å². The van der Waals surface area contributed by atoms with Crippen LogP contribution in [0.4, 0.5) is 5.69 Å². The Bertz CT molecular complexity index is 430. The van der Waals surface area contributed by atoms with Gasteiger partial charge in [-0.1, -0.05) is 6.07 Å². The van der Waals surface area contributed by atoms with E-state index in [1.165, 1.54) is 0 Å². The number of rotatable bonds is 5. The Kier molecular flexibility index (Phi) is 4.51. The summed E-state index contributed by atoms with van der Waals surface area (Å²) in [6.45, 7) is 2.30. The van der Waals surface area contributed by atoms with E-state index in [0.717, 1.165) is 5.56 Å². The molecule has 0 radical (unpaired) electrons. The molecule has 0 aliphatic heterocycles. The molecule has 2 amide bonds. The molecule has 0 fully saturated rings. The van der Waals surface area contributed by atoms with Gasteiger partial charge in [0.2, 0.25) is 5.91 Å². The summed E-state index contributed by atoms with van der Waals surface area (Å²) in [4.78, 5) is 22.2. The van der Waals surface area contributed by atoms with Crippen LogP contribution in [-0.4, -0.2) is 18.4 Å². The maximum Gasteiger partial charge on any atom is 0.251 e. The number of aryl methyl sites for hydroxylation is 1. The minimum atomic E-state index is -0.362. The van der Waals surface area contributed by atoms with Gasteiger partial charge in [-0.2, -0.15) is 0 Å².